The molecule has 1 atom stereocenters. The number of hydrogen-bond acceptors (Lipinski definition) is 2. The summed E-state index contributed by atoms with van der Waals surface area (Å²) >= 11 is 1.82. The minimum absolute atomic E-state index is 0.362. The summed E-state index contributed by atoms with van der Waals surface area (Å²) in [6, 6.07) is 0.433. The fourth-order valence-corrected chi connectivity index (χ4v) is 2.34. The van der Waals surface area contributed by atoms with Crippen LogP contribution in [0, 0.1) is 5.92 Å². The Balaban J connectivity index is 2.41. The highest BCUT2D eigenvalue weighted by atomic mass is 32.2. The molecule has 0 spiro atoms. The predicted octanol–water partition coefficient (Wildman–Crippen LogP) is 2.00. The average molecular weight is 201 g/mol. The summed E-state index contributed by atoms with van der Waals surface area (Å²) in [6.45, 7) is 2.15. The molecular weight excluding hydrogens is 182 g/mol. The molecule has 1 amide bonds. The molecular formula is C10H19NOS. The molecule has 1 rings (SSSR count). The van der Waals surface area contributed by atoms with Gasteiger partial charge >= 0.3 is 0 Å². The monoisotopic (exact) mass is 201 g/mol. The van der Waals surface area contributed by atoms with Crippen LogP contribution in [-0.2, 0) is 4.79 Å². The van der Waals surface area contributed by atoms with E-state index in [1.54, 1.807) is 0 Å². The van der Waals surface area contributed by atoms with E-state index in [9.17, 15) is 4.79 Å². The average Bonchev–Trinajstić information content (AvgIpc) is 2.95. The van der Waals surface area contributed by atoms with E-state index < -0.39 is 0 Å². The zero-order valence-electron chi connectivity index (χ0n) is 8.75. The number of hydrogen-bond donors (Lipinski definition) is 0. The van der Waals surface area contributed by atoms with E-state index in [0.29, 0.717) is 17.9 Å². The lowest BCUT2D eigenvalue weighted by Gasteiger charge is -2.26. The third kappa shape index (κ3) is 2.90. The van der Waals surface area contributed by atoms with Crippen molar-refractivity contribution in [1.29, 1.82) is 0 Å². The second-order valence-electron chi connectivity index (χ2n) is 3.74. The zero-order chi connectivity index (χ0) is 9.84. The quantitative estimate of drug-likeness (QED) is 0.678. The van der Waals surface area contributed by atoms with Crippen molar-refractivity contribution < 1.29 is 4.79 Å². The van der Waals surface area contributed by atoms with Crippen molar-refractivity contribution in [2.45, 2.75) is 32.2 Å². The van der Waals surface area contributed by atoms with Crippen molar-refractivity contribution in [1.82, 2.24) is 4.90 Å². The highest BCUT2D eigenvalue weighted by Crippen LogP contribution is 2.31. The molecule has 0 bridgehead atoms. The molecule has 0 aromatic rings. The molecule has 1 saturated carbocycles. The van der Waals surface area contributed by atoms with Gasteiger partial charge in [-0.3, -0.25) is 4.79 Å². The lowest BCUT2D eigenvalue weighted by atomic mass is 10.2. The molecule has 1 unspecified atom stereocenters. The molecule has 1 fully saturated rings. The van der Waals surface area contributed by atoms with E-state index in [2.05, 4.69) is 13.2 Å². The van der Waals surface area contributed by atoms with Crippen LogP contribution in [-0.4, -0.2) is 35.9 Å². The molecule has 1 aliphatic carbocycles. The van der Waals surface area contributed by atoms with E-state index in [4.69, 9.17) is 0 Å². The van der Waals surface area contributed by atoms with Crippen molar-refractivity contribution >= 4 is 17.7 Å². The van der Waals surface area contributed by atoms with Crippen LogP contribution in [0.25, 0.3) is 0 Å². The summed E-state index contributed by atoms with van der Waals surface area (Å²) in [6.07, 6.45) is 5.38. The van der Waals surface area contributed by atoms with E-state index in [1.165, 1.54) is 0 Å². The van der Waals surface area contributed by atoms with Crippen molar-refractivity contribution in [3.05, 3.63) is 0 Å². The summed E-state index contributed by atoms with van der Waals surface area (Å²) in [7, 11) is 1.95. The fourth-order valence-electron chi connectivity index (χ4n) is 1.49. The standard InChI is InChI=1S/C10H19NOS/c1-4-9(7-13-3)11(2)10(12)8-5-6-8/h8-9H,4-7H2,1-3H3. The van der Waals surface area contributed by atoms with Gasteiger partial charge in [0.05, 0.1) is 0 Å². The summed E-state index contributed by atoms with van der Waals surface area (Å²) in [5, 5.41) is 0. The number of carbonyl (C=O) groups excluding carboxylic acids is 1. The van der Waals surface area contributed by atoms with Crippen LogP contribution < -0.4 is 0 Å². The maximum absolute atomic E-state index is 11.7. The lowest BCUT2D eigenvalue weighted by Crippen LogP contribution is -2.39. The van der Waals surface area contributed by atoms with Crippen LogP contribution >= 0.6 is 11.8 Å². The van der Waals surface area contributed by atoms with Crippen LogP contribution in [0.3, 0.4) is 0 Å². The molecule has 2 nitrogen and oxygen atoms in total. The molecule has 1 aliphatic rings. The Bertz CT molecular complexity index is 180. The van der Waals surface area contributed by atoms with E-state index >= 15 is 0 Å². The van der Waals surface area contributed by atoms with Gasteiger partial charge < -0.3 is 4.90 Å². The molecule has 0 radical (unpaired) electrons. The van der Waals surface area contributed by atoms with Gasteiger partial charge in [0, 0.05) is 24.8 Å². The Labute approximate surface area is 85.1 Å². The van der Waals surface area contributed by atoms with Crippen LogP contribution in [0.5, 0.6) is 0 Å². The number of amides is 1. The Kier molecular flexibility index (Phi) is 4.10. The maximum Gasteiger partial charge on any atom is 0.225 e. The number of carbonyl (C=O) groups is 1. The molecule has 0 aromatic carbocycles. The topological polar surface area (TPSA) is 20.3 Å². The van der Waals surface area contributed by atoms with Gasteiger partial charge in [-0.1, -0.05) is 6.92 Å². The van der Waals surface area contributed by atoms with E-state index in [0.717, 1.165) is 25.0 Å². The highest BCUT2D eigenvalue weighted by Gasteiger charge is 2.33. The molecule has 3 heteroatoms. The third-order valence-corrected chi connectivity index (χ3v) is 3.37. The van der Waals surface area contributed by atoms with Crippen molar-refractivity contribution in [3.8, 4) is 0 Å². The van der Waals surface area contributed by atoms with Gasteiger partial charge in [0.25, 0.3) is 0 Å². The summed E-state index contributed by atoms with van der Waals surface area (Å²) < 4.78 is 0. The first-order valence-electron chi connectivity index (χ1n) is 4.96. The molecule has 0 aromatic heterocycles. The Morgan fingerprint density at radius 3 is 2.62 bits per heavy atom. The maximum atomic E-state index is 11.7. The Morgan fingerprint density at radius 2 is 2.23 bits per heavy atom. The van der Waals surface area contributed by atoms with Crippen LogP contribution in [0.2, 0.25) is 0 Å². The minimum Gasteiger partial charge on any atom is -0.342 e. The number of rotatable bonds is 5. The number of nitrogens with zero attached hydrogens (tertiary/aromatic N) is 1. The summed E-state index contributed by atoms with van der Waals surface area (Å²) in [5.41, 5.74) is 0. The van der Waals surface area contributed by atoms with Crippen molar-refractivity contribution in [2.75, 3.05) is 19.1 Å². The zero-order valence-corrected chi connectivity index (χ0v) is 9.56. The first-order valence-corrected chi connectivity index (χ1v) is 6.35. The Morgan fingerprint density at radius 1 is 1.62 bits per heavy atom. The molecule has 76 valence electrons. The minimum atomic E-state index is 0.362. The normalized spacial score (nSPS) is 18.4. The smallest absolute Gasteiger partial charge is 0.225 e. The van der Waals surface area contributed by atoms with Crippen LogP contribution in [0.1, 0.15) is 26.2 Å². The van der Waals surface area contributed by atoms with Gasteiger partial charge in [-0.15, -0.1) is 0 Å². The number of thioether (sulfide) groups is 1. The van der Waals surface area contributed by atoms with Gasteiger partial charge in [0.2, 0.25) is 5.91 Å². The third-order valence-electron chi connectivity index (χ3n) is 2.65. The second-order valence-corrected chi connectivity index (χ2v) is 4.65. The first kappa shape index (κ1) is 10.9. The van der Waals surface area contributed by atoms with Gasteiger partial charge in [-0.05, 0) is 25.5 Å². The SMILES string of the molecule is CCC(CSC)N(C)C(=O)C1CC1. The molecule has 0 aliphatic heterocycles. The van der Waals surface area contributed by atoms with E-state index in [-0.39, 0.29) is 0 Å². The summed E-state index contributed by atoms with van der Waals surface area (Å²) in [4.78, 5) is 13.6. The fraction of sp³-hybridized carbons (Fsp3) is 0.900. The molecule has 0 heterocycles. The van der Waals surface area contributed by atoms with Gasteiger partial charge in [-0.25, -0.2) is 0 Å². The van der Waals surface area contributed by atoms with Crippen molar-refractivity contribution in [3.63, 3.8) is 0 Å². The second kappa shape index (κ2) is 4.89. The first-order chi connectivity index (χ1) is 6.20. The highest BCUT2D eigenvalue weighted by molar-refractivity contribution is 7.98. The summed E-state index contributed by atoms with van der Waals surface area (Å²) in [5.74, 6) is 1.78. The lowest BCUT2D eigenvalue weighted by molar-refractivity contribution is -0.132. The van der Waals surface area contributed by atoms with Crippen LogP contribution in [0.15, 0.2) is 0 Å². The predicted molar refractivity (Wildman–Crippen MR) is 58.0 cm³/mol. The van der Waals surface area contributed by atoms with Gasteiger partial charge in [-0.2, -0.15) is 11.8 Å². The Hall–Kier alpha value is -0.180. The van der Waals surface area contributed by atoms with Crippen LogP contribution in [0.4, 0.5) is 0 Å². The molecule has 0 saturated heterocycles. The van der Waals surface area contributed by atoms with Gasteiger partial charge in [0.1, 0.15) is 0 Å². The molecule has 0 N–H and O–H groups in total. The largest absolute Gasteiger partial charge is 0.342 e. The van der Waals surface area contributed by atoms with Gasteiger partial charge in [0.15, 0.2) is 0 Å². The molecule has 13 heavy (non-hydrogen) atoms. The van der Waals surface area contributed by atoms with E-state index in [1.807, 2.05) is 23.7 Å². The van der Waals surface area contributed by atoms with Crippen molar-refractivity contribution in [2.24, 2.45) is 5.92 Å².